The number of fused-ring (bicyclic) bond motifs is 1. The zero-order valence-electron chi connectivity index (χ0n) is 18.5. The minimum atomic E-state index is -0.436. The fourth-order valence-corrected chi connectivity index (χ4v) is 4.19. The van der Waals surface area contributed by atoms with Gasteiger partial charge in [0.25, 0.3) is 5.56 Å². The van der Waals surface area contributed by atoms with Crippen molar-refractivity contribution in [2.24, 2.45) is 0 Å². The normalized spacial score (nSPS) is 13.7. The third-order valence-corrected chi connectivity index (χ3v) is 5.86. The first-order valence-corrected chi connectivity index (χ1v) is 11.2. The molecule has 0 unspecified atom stereocenters. The number of halogens is 1. The molecule has 2 aromatic heterocycles. The van der Waals surface area contributed by atoms with E-state index in [0.29, 0.717) is 49.0 Å². The van der Waals surface area contributed by atoms with E-state index in [1.165, 1.54) is 15.6 Å². The highest BCUT2D eigenvalue weighted by Gasteiger charge is 2.24. The lowest BCUT2D eigenvalue weighted by Gasteiger charge is -2.18. The first kappa shape index (κ1) is 21.9. The second-order valence-electron chi connectivity index (χ2n) is 8.23. The maximum atomic E-state index is 14.5. The number of pyridine rings is 1. The molecule has 34 heavy (non-hydrogen) atoms. The Morgan fingerprint density at radius 2 is 1.85 bits per heavy atom. The zero-order valence-corrected chi connectivity index (χ0v) is 18.5. The van der Waals surface area contributed by atoms with E-state index in [1.54, 1.807) is 30.5 Å². The minimum absolute atomic E-state index is 0.0114. The van der Waals surface area contributed by atoms with Crippen LogP contribution in [-0.4, -0.2) is 27.2 Å². The van der Waals surface area contributed by atoms with Gasteiger partial charge in [0.2, 0.25) is 5.91 Å². The van der Waals surface area contributed by atoms with E-state index in [0.717, 1.165) is 11.1 Å². The second-order valence-corrected chi connectivity index (χ2v) is 8.23. The van der Waals surface area contributed by atoms with E-state index in [1.807, 2.05) is 30.3 Å². The monoisotopic (exact) mass is 458 g/mol. The van der Waals surface area contributed by atoms with Crippen molar-refractivity contribution in [3.63, 3.8) is 0 Å². The van der Waals surface area contributed by atoms with E-state index >= 15 is 0 Å². The van der Waals surface area contributed by atoms with Crippen molar-refractivity contribution in [1.82, 2.24) is 14.8 Å². The van der Waals surface area contributed by atoms with Gasteiger partial charge in [0.15, 0.2) is 0 Å². The summed E-state index contributed by atoms with van der Waals surface area (Å²) in [6.07, 6.45) is 3.07. The van der Waals surface area contributed by atoms with Gasteiger partial charge in [0, 0.05) is 25.6 Å². The van der Waals surface area contributed by atoms with Gasteiger partial charge in [-0.15, -0.1) is 0 Å². The van der Waals surface area contributed by atoms with Crippen LogP contribution < -0.4 is 10.5 Å². The van der Waals surface area contributed by atoms with Crippen molar-refractivity contribution in [3.8, 4) is 0 Å². The summed E-state index contributed by atoms with van der Waals surface area (Å²) in [5.74, 6) is -0.514. The summed E-state index contributed by atoms with van der Waals surface area (Å²) in [7, 11) is 0. The zero-order chi connectivity index (χ0) is 23.5. The maximum Gasteiger partial charge on any atom is 0.278 e. The SMILES string of the molecule is O=C1CCCN1c1cc(Cc2nn(COCc3ccccc3)c(=O)c3cccnc23)ccc1F. The average Bonchev–Trinajstić information content (AvgIpc) is 3.29. The van der Waals surface area contributed by atoms with Crippen molar-refractivity contribution in [2.45, 2.75) is 32.6 Å². The highest BCUT2D eigenvalue weighted by atomic mass is 19.1. The van der Waals surface area contributed by atoms with Crippen LogP contribution in [0.5, 0.6) is 0 Å². The van der Waals surface area contributed by atoms with Crippen LogP contribution in [-0.2, 0) is 29.3 Å². The highest BCUT2D eigenvalue weighted by Crippen LogP contribution is 2.27. The van der Waals surface area contributed by atoms with Gasteiger partial charge in [0.1, 0.15) is 12.5 Å². The van der Waals surface area contributed by atoms with E-state index in [2.05, 4.69) is 10.1 Å². The van der Waals surface area contributed by atoms with Crippen LogP contribution in [0.4, 0.5) is 10.1 Å². The molecule has 1 fully saturated rings. The van der Waals surface area contributed by atoms with Gasteiger partial charge in [-0.05, 0) is 41.8 Å². The molecule has 8 heteroatoms. The average molecular weight is 458 g/mol. The standard InChI is InChI=1S/C26H23FN4O3/c27-21-11-10-19(15-23(21)30-13-5-9-24(30)32)14-22-25-20(8-4-12-28-25)26(33)31(29-22)17-34-16-18-6-2-1-3-7-18/h1-4,6-8,10-12,15H,5,9,13-14,16-17H2. The third-order valence-electron chi connectivity index (χ3n) is 5.86. The van der Waals surface area contributed by atoms with Gasteiger partial charge < -0.3 is 9.64 Å². The van der Waals surface area contributed by atoms with Gasteiger partial charge in [-0.25, -0.2) is 9.07 Å². The summed E-state index contributed by atoms with van der Waals surface area (Å²) >= 11 is 0. The maximum absolute atomic E-state index is 14.5. The van der Waals surface area contributed by atoms with Crippen molar-refractivity contribution in [2.75, 3.05) is 11.4 Å². The molecule has 0 aliphatic carbocycles. The quantitative estimate of drug-likeness (QED) is 0.421. The Labute approximate surface area is 195 Å². The molecule has 2 aromatic carbocycles. The molecule has 172 valence electrons. The van der Waals surface area contributed by atoms with Crippen molar-refractivity contribution in [3.05, 3.63) is 99.9 Å². The fourth-order valence-electron chi connectivity index (χ4n) is 4.19. The Balaban J connectivity index is 1.45. The molecule has 1 aliphatic rings. The molecule has 4 aromatic rings. The predicted octanol–water partition coefficient (Wildman–Crippen LogP) is 3.82. The number of nitrogens with zero attached hydrogens (tertiary/aromatic N) is 4. The van der Waals surface area contributed by atoms with Crippen LogP contribution in [0.2, 0.25) is 0 Å². The molecule has 5 rings (SSSR count). The number of ether oxygens (including phenoxy) is 1. The first-order valence-electron chi connectivity index (χ1n) is 11.2. The number of hydrogen-bond acceptors (Lipinski definition) is 5. The number of amides is 1. The Bertz CT molecular complexity index is 1400. The lowest BCUT2D eigenvalue weighted by atomic mass is 10.1. The summed E-state index contributed by atoms with van der Waals surface area (Å²) in [5, 5.41) is 4.97. The van der Waals surface area contributed by atoms with Gasteiger partial charge in [0.05, 0.1) is 28.9 Å². The highest BCUT2D eigenvalue weighted by molar-refractivity contribution is 5.95. The second kappa shape index (κ2) is 9.52. The first-order chi connectivity index (χ1) is 16.6. The van der Waals surface area contributed by atoms with Crippen LogP contribution in [0.1, 0.15) is 29.7 Å². The lowest BCUT2D eigenvalue weighted by Crippen LogP contribution is -2.26. The summed E-state index contributed by atoms with van der Waals surface area (Å²) in [5.41, 5.74) is 2.82. The van der Waals surface area contributed by atoms with Gasteiger partial charge in [-0.3, -0.25) is 14.6 Å². The Morgan fingerprint density at radius 1 is 1.00 bits per heavy atom. The molecule has 1 saturated heterocycles. The van der Waals surface area contributed by atoms with Crippen molar-refractivity contribution in [1.29, 1.82) is 0 Å². The molecular formula is C26H23FN4O3. The largest absolute Gasteiger partial charge is 0.354 e. The lowest BCUT2D eigenvalue weighted by molar-refractivity contribution is -0.117. The number of carbonyl (C=O) groups excluding carboxylic acids is 1. The Hall–Kier alpha value is -3.91. The number of anilines is 1. The van der Waals surface area contributed by atoms with Gasteiger partial charge >= 0.3 is 0 Å². The summed E-state index contributed by atoms with van der Waals surface area (Å²) in [4.78, 5) is 31.0. The van der Waals surface area contributed by atoms with E-state index in [4.69, 9.17) is 4.74 Å². The van der Waals surface area contributed by atoms with E-state index in [9.17, 15) is 14.0 Å². The number of benzene rings is 2. The van der Waals surface area contributed by atoms with Crippen LogP contribution in [0.15, 0.2) is 71.7 Å². The molecule has 3 heterocycles. The molecule has 0 bridgehead atoms. The summed E-state index contributed by atoms with van der Waals surface area (Å²) < 4.78 is 21.5. The summed E-state index contributed by atoms with van der Waals surface area (Å²) in [6, 6.07) is 17.8. The topological polar surface area (TPSA) is 77.3 Å². The number of hydrogen-bond donors (Lipinski definition) is 0. The van der Waals surface area contributed by atoms with Crippen LogP contribution in [0.3, 0.4) is 0 Å². The third kappa shape index (κ3) is 4.45. The van der Waals surface area contributed by atoms with E-state index < -0.39 is 5.82 Å². The van der Waals surface area contributed by atoms with Crippen LogP contribution >= 0.6 is 0 Å². The molecule has 0 radical (unpaired) electrons. The molecule has 7 nitrogen and oxygen atoms in total. The van der Waals surface area contributed by atoms with Gasteiger partial charge in [-0.1, -0.05) is 36.4 Å². The molecule has 1 aliphatic heterocycles. The summed E-state index contributed by atoms with van der Waals surface area (Å²) in [6.45, 7) is 0.842. The van der Waals surface area contributed by atoms with Crippen molar-refractivity contribution < 1.29 is 13.9 Å². The number of aromatic nitrogens is 3. The molecule has 0 N–H and O–H groups in total. The minimum Gasteiger partial charge on any atom is -0.354 e. The molecule has 0 atom stereocenters. The van der Waals surface area contributed by atoms with Crippen LogP contribution in [0, 0.1) is 5.82 Å². The van der Waals surface area contributed by atoms with E-state index in [-0.39, 0.29) is 23.9 Å². The van der Waals surface area contributed by atoms with Crippen LogP contribution in [0.25, 0.3) is 10.9 Å². The predicted molar refractivity (Wildman–Crippen MR) is 126 cm³/mol. The van der Waals surface area contributed by atoms with Crippen molar-refractivity contribution >= 4 is 22.5 Å². The molecule has 0 saturated carbocycles. The fraction of sp³-hybridized carbons (Fsp3) is 0.231. The smallest absolute Gasteiger partial charge is 0.278 e. The Kier molecular flexibility index (Phi) is 6.14. The molecular weight excluding hydrogens is 435 g/mol. The van der Waals surface area contributed by atoms with Gasteiger partial charge in [-0.2, -0.15) is 5.10 Å². The molecule has 0 spiro atoms. The Morgan fingerprint density at radius 3 is 2.65 bits per heavy atom. The number of rotatable bonds is 7. The molecule has 1 amide bonds. The number of carbonyl (C=O) groups is 1.